The highest BCUT2D eigenvalue weighted by atomic mass is 35.5. The molecular weight excluding hydrogens is 305 g/mol. The zero-order valence-corrected chi connectivity index (χ0v) is 13.9. The number of ether oxygens (including phenoxy) is 1. The fourth-order valence-electron chi connectivity index (χ4n) is 2.42. The van der Waals surface area contributed by atoms with E-state index in [1.54, 1.807) is 13.2 Å². The molecule has 0 aliphatic rings. The molecule has 1 N–H and O–H groups in total. The first-order valence-corrected chi connectivity index (χ1v) is 7.66. The second kappa shape index (κ2) is 7.17. The molecule has 2 aromatic rings. The second-order valence-corrected chi connectivity index (χ2v) is 5.67. The predicted molar refractivity (Wildman–Crippen MR) is 89.7 cm³/mol. The van der Waals surface area contributed by atoms with Gasteiger partial charge < -0.3 is 10.1 Å². The molecule has 0 spiro atoms. The summed E-state index contributed by atoms with van der Waals surface area (Å²) in [6.07, 6.45) is 0. The minimum Gasteiger partial charge on any atom is -0.495 e. The highest BCUT2D eigenvalue weighted by molar-refractivity contribution is 6.34. The molecule has 0 amide bonds. The maximum atomic E-state index is 6.43. The largest absolute Gasteiger partial charge is 0.495 e. The van der Waals surface area contributed by atoms with Gasteiger partial charge in [-0.1, -0.05) is 54.4 Å². The molecule has 0 fully saturated rings. The maximum Gasteiger partial charge on any atom is 0.138 e. The molecule has 2 nitrogen and oxygen atoms in total. The van der Waals surface area contributed by atoms with Gasteiger partial charge in [-0.2, -0.15) is 0 Å². The van der Waals surface area contributed by atoms with Gasteiger partial charge in [0.25, 0.3) is 0 Å². The summed E-state index contributed by atoms with van der Waals surface area (Å²) >= 11 is 12.7. The van der Waals surface area contributed by atoms with E-state index in [-0.39, 0.29) is 6.04 Å². The highest BCUT2D eigenvalue weighted by Gasteiger charge is 2.19. The number of rotatable bonds is 5. The molecule has 0 aliphatic heterocycles. The van der Waals surface area contributed by atoms with Gasteiger partial charge in [0.15, 0.2) is 0 Å². The number of hydrogen-bond acceptors (Lipinski definition) is 2. The summed E-state index contributed by atoms with van der Waals surface area (Å²) in [6.45, 7) is 5.00. The lowest BCUT2D eigenvalue weighted by Crippen LogP contribution is -2.23. The van der Waals surface area contributed by atoms with Crippen LogP contribution >= 0.6 is 23.2 Å². The molecular formula is C17H19Cl2NO. The fourth-order valence-corrected chi connectivity index (χ4v) is 2.94. The van der Waals surface area contributed by atoms with Crippen molar-refractivity contribution in [2.45, 2.75) is 19.9 Å². The molecule has 4 heteroatoms. The Kier molecular flexibility index (Phi) is 5.51. The zero-order valence-electron chi connectivity index (χ0n) is 12.4. The molecule has 2 aromatic carbocycles. The number of benzene rings is 2. The van der Waals surface area contributed by atoms with Crippen molar-refractivity contribution in [1.29, 1.82) is 0 Å². The standard InChI is InChI=1S/C17H19Cl2NO/c1-4-20-17(12-8-6-5-7-11(12)2)13-9-15(19)16(21-3)10-14(13)18/h5-10,17,20H,4H2,1-3H3. The molecule has 0 radical (unpaired) electrons. The molecule has 1 atom stereocenters. The maximum absolute atomic E-state index is 6.43. The molecule has 21 heavy (non-hydrogen) atoms. The summed E-state index contributed by atoms with van der Waals surface area (Å²) < 4.78 is 5.21. The summed E-state index contributed by atoms with van der Waals surface area (Å²) in [7, 11) is 1.58. The number of halogens is 2. The van der Waals surface area contributed by atoms with Crippen molar-refractivity contribution >= 4 is 23.2 Å². The van der Waals surface area contributed by atoms with Crippen molar-refractivity contribution < 1.29 is 4.74 Å². The van der Waals surface area contributed by atoms with E-state index in [9.17, 15) is 0 Å². The van der Waals surface area contributed by atoms with Crippen LogP contribution in [0.25, 0.3) is 0 Å². The van der Waals surface area contributed by atoms with Gasteiger partial charge in [0.2, 0.25) is 0 Å². The number of methoxy groups -OCH3 is 1. The smallest absolute Gasteiger partial charge is 0.138 e. The van der Waals surface area contributed by atoms with Gasteiger partial charge in [0, 0.05) is 11.1 Å². The SMILES string of the molecule is CCNC(c1ccccc1C)c1cc(Cl)c(OC)cc1Cl. The van der Waals surface area contributed by atoms with Crippen molar-refractivity contribution in [3.63, 3.8) is 0 Å². The molecule has 0 saturated heterocycles. The Morgan fingerprint density at radius 1 is 1.10 bits per heavy atom. The lowest BCUT2D eigenvalue weighted by atomic mass is 9.95. The van der Waals surface area contributed by atoms with Gasteiger partial charge >= 0.3 is 0 Å². The Morgan fingerprint density at radius 3 is 2.43 bits per heavy atom. The van der Waals surface area contributed by atoms with E-state index in [1.165, 1.54) is 11.1 Å². The second-order valence-electron chi connectivity index (χ2n) is 4.86. The van der Waals surface area contributed by atoms with Crippen LogP contribution in [0.5, 0.6) is 5.75 Å². The zero-order chi connectivity index (χ0) is 15.4. The lowest BCUT2D eigenvalue weighted by molar-refractivity contribution is 0.414. The van der Waals surface area contributed by atoms with Gasteiger partial charge in [-0.05, 0) is 36.2 Å². The van der Waals surface area contributed by atoms with Crippen LogP contribution in [0.3, 0.4) is 0 Å². The molecule has 0 bridgehead atoms. The number of aryl methyl sites for hydroxylation is 1. The van der Waals surface area contributed by atoms with Gasteiger partial charge in [0.05, 0.1) is 18.2 Å². The molecule has 1 unspecified atom stereocenters. The topological polar surface area (TPSA) is 21.3 Å². The first-order valence-electron chi connectivity index (χ1n) is 6.90. The van der Waals surface area contributed by atoms with Gasteiger partial charge in [-0.3, -0.25) is 0 Å². The van der Waals surface area contributed by atoms with Crippen molar-refractivity contribution in [2.75, 3.05) is 13.7 Å². The molecule has 0 aromatic heterocycles. The monoisotopic (exact) mass is 323 g/mol. The van der Waals surface area contributed by atoms with Crippen LogP contribution in [0, 0.1) is 6.92 Å². The minimum atomic E-state index is 0.00658. The van der Waals surface area contributed by atoms with E-state index in [4.69, 9.17) is 27.9 Å². The third-order valence-electron chi connectivity index (χ3n) is 3.49. The highest BCUT2D eigenvalue weighted by Crippen LogP contribution is 2.36. The van der Waals surface area contributed by atoms with E-state index in [0.29, 0.717) is 15.8 Å². The van der Waals surface area contributed by atoms with E-state index in [0.717, 1.165) is 12.1 Å². The van der Waals surface area contributed by atoms with Crippen LogP contribution in [0.4, 0.5) is 0 Å². The van der Waals surface area contributed by atoms with Crippen molar-refractivity contribution in [1.82, 2.24) is 5.32 Å². The van der Waals surface area contributed by atoms with Gasteiger partial charge in [0.1, 0.15) is 5.75 Å². The Labute approximate surface area is 136 Å². The van der Waals surface area contributed by atoms with E-state index >= 15 is 0 Å². The van der Waals surface area contributed by atoms with E-state index in [2.05, 4.69) is 31.3 Å². The Bertz CT molecular complexity index is 628. The summed E-state index contributed by atoms with van der Waals surface area (Å²) in [5.41, 5.74) is 3.37. The summed E-state index contributed by atoms with van der Waals surface area (Å²) in [6, 6.07) is 11.9. The molecule has 0 saturated carbocycles. The summed E-state index contributed by atoms with van der Waals surface area (Å²) in [4.78, 5) is 0. The number of hydrogen-bond donors (Lipinski definition) is 1. The minimum absolute atomic E-state index is 0.00658. The van der Waals surface area contributed by atoms with Crippen LogP contribution in [0.15, 0.2) is 36.4 Å². The fraction of sp³-hybridized carbons (Fsp3) is 0.294. The molecule has 0 aliphatic carbocycles. The molecule has 0 heterocycles. The van der Waals surface area contributed by atoms with Crippen molar-refractivity contribution in [3.8, 4) is 5.75 Å². The van der Waals surface area contributed by atoms with Crippen LogP contribution in [-0.2, 0) is 0 Å². The normalized spacial score (nSPS) is 12.2. The lowest BCUT2D eigenvalue weighted by Gasteiger charge is -2.22. The number of nitrogens with one attached hydrogen (secondary N) is 1. The van der Waals surface area contributed by atoms with E-state index in [1.807, 2.05) is 18.2 Å². The first-order chi connectivity index (χ1) is 10.1. The Balaban J connectivity index is 2.53. The average Bonchev–Trinajstić information content (AvgIpc) is 2.48. The van der Waals surface area contributed by atoms with Gasteiger partial charge in [-0.25, -0.2) is 0 Å². The van der Waals surface area contributed by atoms with Crippen LogP contribution < -0.4 is 10.1 Å². The first kappa shape index (κ1) is 16.2. The Morgan fingerprint density at radius 2 is 1.81 bits per heavy atom. The van der Waals surface area contributed by atoms with Crippen LogP contribution in [0.1, 0.15) is 29.7 Å². The van der Waals surface area contributed by atoms with Gasteiger partial charge in [-0.15, -0.1) is 0 Å². The van der Waals surface area contributed by atoms with Crippen molar-refractivity contribution in [2.24, 2.45) is 0 Å². The third kappa shape index (κ3) is 3.52. The van der Waals surface area contributed by atoms with E-state index < -0.39 is 0 Å². The predicted octanol–water partition coefficient (Wildman–Crippen LogP) is 5.01. The Hall–Kier alpha value is -1.22. The van der Waals surface area contributed by atoms with Crippen LogP contribution in [-0.4, -0.2) is 13.7 Å². The molecule has 2 rings (SSSR count). The average molecular weight is 324 g/mol. The third-order valence-corrected chi connectivity index (χ3v) is 4.11. The molecule has 112 valence electrons. The van der Waals surface area contributed by atoms with Crippen molar-refractivity contribution in [3.05, 3.63) is 63.1 Å². The summed E-state index contributed by atoms with van der Waals surface area (Å²) in [5.74, 6) is 0.588. The summed E-state index contributed by atoms with van der Waals surface area (Å²) in [5, 5.41) is 4.68. The quantitative estimate of drug-likeness (QED) is 0.835. The van der Waals surface area contributed by atoms with Crippen LogP contribution in [0.2, 0.25) is 10.0 Å².